The van der Waals surface area contributed by atoms with Crippen molar-refractivity contribution in [3.05, 3.63) is 29.3 Å². The zero-order chi connectivity index (χ0) is 16.2. The lowest BCUT2D eigenvalue weighted by Gasteiger charge is -2.37. The van der Waals surface area contributed by atoms with Gasteiger partial charge in [0, 0.05) is 44.3 Å². The van der Waals surface area contributed by atoms with Gasteiger partial charge >= 0.3 is 0 Å². The van der Waals surface area contributed by atoms with Crippen LogP contribution in [0.4, 0.5) is 5.69 Å². The zero-order valence-electron chi connectivity index (χ0n) is 14.5. The van der Waals surface area contributed by atoms with Crippen LogP contribution in [0.3, 0.4) is 0 Å². The van der Waals surface area contributed by atoms with Crippen LogP contribution in [0.1, 0.15) is 37.3 Å². The summed E-state index contributed by atoms with van der Waals surface area (Å²) in [4.78, 5) is 16.8. The van der Waals surface area contributed by atoms with Gasteiger partial charge in [0.25, 0.3) is 0 Å². The van der Waals surface area contributed by atoms with Crippen molar-refractivity contribution >= 4 is 11.6 Å². The minimum Gasteiger partial charge on any atom is -0.369 e. The van der Waals surface area contributed by atoms with Gasteiger partial charge in [-0.25, -0.2) is 0 Å². The Labute approximate surface area is 139 Å². The Hall–Kier alpha value is -1.55. The summed E-state index contributed by atoms with van der Waals surface area (Å²) in [5, 5.41) is 3.23. The maximum absolute atomic E-state index is 11.9. The van der Waals surface area contributed by atoms with Crippen molar-refractivity contribution in [3.8, 4) is 0 Å². The number of hydrogen-bond donors (Lipinski definition) is 1. The molecule has 126 valence electrons. The minimum absolute atomic E-state index is 0.207. The van der Waals surface area contributed by atoms with Gasteiger partial charge in [0.15, 0.2) is 0 Å². The van der Waals surface area contributed by atoms with E-state index in [9.17, 15) is 4.79 Å². The summed E-state index contributed by atoms with van der Waals surface area (Å²) < 4.78 is 0. The first-order valence-electron chi connectivity index (χ1n) is 9.01. The van der Waals surface area contributed by atoms with Gasteiger partial charge in [-0.05, 0) is 49.9 Å². The van der Waals surface area contributed by atoms with Crippen molar-refractivity contribution in [3.63, 3.8) is 0 Å². The van der Waals surface area contributed by atoms with Gasteiger partial charge in [-0.3, -0.25) is 4.79 Å². The highest BCUT2D eigenvalue weighted by Crippen LogP contribution is 2.31. The average Bonchev–Trinajstić information content (AvgIpc) is 2.55. The monoisotopic (exact) mass is 315 g/mol. The molecular formula is C19H29N3O. The first kappa shape index (κ1) is 16.3. The molecular weight excluding hydrogens is 286 g/mol. The summed E-state index contributed by atoms with van der Waals surface area (Å²) in [5.41, 5.74) is 4.33. The molecule has 0 bridgehead atoms. The van der Waals surface area contributed by atoms with Crippen LogP contribution in [-0.4, -0.2) is 50.1 Å². The van der Waals surface area contributed by atoms with Crippen molar-refractivity contribution in [2.45, 2.75) is 45.1 Å². The third-order valence-electron chi connectivity index (χ3n) is 5.15. The molecule has 1 aliphatic carbocycles. The van der Waals surface area contributed by atoms with E-state index in [1.807, 2.05) is 0 Å². The van der Waals surface area contributed by atoms with E-state index in [0.717, 1.165) is 51.9 Å². The van der Waals surface area contributed by atoms with Gasteiger partial charge in [0.1, 0.15) is 0 Å². The number of piperazine rings is 1. The zero-order valence-corrected chi connectivity index (χ0v) is 14.5. The van der Waals surface area contributed by atoms with Crippen LogP contribution in [0, 0.1) is 0 Å². The maximum Gasteiger partial charge on any atom is 0.220 e. The number of carbonyl (C=O) groups is 1. The highest BCUT2D eigenvalue weighted by molar-refractivity contribution is 5.76. The first-order valence-corrected chi connectivity index (χ1v) is 9.01. The molecule has 1 amide bonds. The molecule has 1 N–H and O–H groups in total. The average molecular weight is 315 g/mol. The fourth-order valence-electron chi connectivity index (χ4n) is 3.76. The highest BCUT2D eigenvalue weighted by Gasteiger charge is 2.25. The molecule has 1 aromatic carbocycles. The predicted molar refractivity (Wildman–Crippen MR) is 95.0 cm³/mol. The molecule has 1 saturated heterocycles. The molecule has 0 aromatic heterocycles. The third-order valence-corrected chi connectivity index (χ3v) is 5.15. The van der Waals surface area contributed by atoms with Crippen LogP contribution in [0.25, 0.3) is 0 Å². The smallest absolute Gasteiger partial charge is 0.220 e. The van der Waals surface area contributed by atoms with Crippen molar-refractivity contribution in [2.75, 3.05) is 38.1 Å². The number of hydrogen-bond acceptors (Lipinski definition) is 3. The van der Waals surface area contributed by atoms with E-state index in [4.69, 9.17) is 0 Å². The van der Waals surface area contributed by atoms with Crippen LogP contribution in [0.2, 0.25) is 0 Å². The molecule has 1 fully saturated rings. The Balaban J connectivity index is 1.74. The van der Waals surface area contributed by atoms with Crippen molar-refractivity contribution in [1.29, 1.82) is 0 Å². The number of aryl methyl sites for hydroxylation is 1. The fourth-order valence-corrected chi connectivity index (χ4v) is 3.76. The molecule has 1 heterocycles. The van der Waals surface area contributed by atoms with Gasteiger partial charge in [-0.15, -0.1) is 0 Å². The lowest BCUT2D eigenvalue weighted by molar-refractivity contribution is -0.121. The number of amides is 1. The molecule has 1 atom stereocenters. The predicted octanol–water partition coefficient (Wildman–Crippen LogP) is 2.21. The Morgan fingerprint density at radius 1 is 1.26 bits per heavy atom. The Morgan fingerprint density at radius 3 is 2.78 bits per heavy atom. The summed E-state index contributed by atoms with van der Waals surface area (Å²) in [6.07, 6.45) is 4.68. The second-order valence-electron chi connectivity index (χ2n) is 6.96. The highest BCUT2D eigenvalue weighted by atomic mass is 16.1. The van der Waals surface area contributed by atoms with Crippen LogP contribution in [0.15, 0.2) is 18.2 Å². The van der Waals surface area contributed by atoms with Gasteiger partial charge in [-0.2, -0.15) is 0 Å². The van der Waals surface area contributed by atoms with Gasteiger partial charge in [-0.1, -0.05) is 19.1 Å². The molecule has 3 rings (SSSR count). The van der Waals surface area contributed by atoms with Gasteiger partial charge in [0.05, 0.1) is 0 Å². The third kappa shape index (κ3) is 3.86. The van der Waals surface area contributed by atoms with Crippen molar-refractivity contribution in [2.24, 2.45) is 0 Å². The normalized spacial score (nSPS) is 21.8. The summed E-state index contributed by atoms with van der Waals surface area (Å²) in [5.74, 6) is 0.207. The first-order chi connectivity index (χ1) is 11.2. The second-order valence-corrected chi connectivity index (χ2v) is 6.96. The number of likely N-dealkylation sites (N-methyl/N-ethyl adjacent to an activating group) is 1. The minimum atomic E-state index is 0.207. The maximum atomic E-state index is 11.9. The molecule has 1 aromatic rings. The molecule has 2 aliphatic rings. The number of anilines is 1. The number of nitrogens with one attached hydrogen (secondary N) is 1. The SMILES string of the molecule is CCCC(=O)NC1CCc2cccc(N3CCN(C)CC3)c2C1. The lowest BCUT2D eigenvalue weighted by atomic mass is 9.86. The molecule has 23 heavy (non-hydrogen) atoms. The van der Waals surface area contributed by atoms with Crippen molar-refractivity contribution < 1.29 is 4.79 Å². The fraction of sp³-hybridized carbons (Fsp3) is 0.632. The number of rotatable bonds is 4. The van der Waals surface area contributed by atoms with Gasteiger partial charge in [0.2, 0.25) is 5.91 Å². The van der Waals surface area contributed by atoms with E-state index in [1.54, 1.807) is 0 Å². The molecule has 0 radical (unpaired) electrons. The number of carbonyl (C=O) groups excluding carboxylic acids is 1. The topological polar surface area (TPSA) is 35.6 Å². The summed E-state index contributed by atoms with van der Waals surface area (Å²) in [6.45, 7) is 6.50. The van der Waals surface area contributed by atoms with Crippen LogP contribution in [0.5, 0.6) is 0 Å². The second kappa shape index (κ2) is 7.35. The Morgan fingerprint density at radius 2 is 2.04 bits per heavy atom. The number of fused-ring (bicyclic) bond motifs is 1. The Kier molecular flexibility index (Phi) is 5.21. The quantitative estimate of drug-likeness (QED) is 0.925. The van der Waals surface area contributed by atoms with E-state index in [-0.39, 0.29) is 5.91 Å². The van der Waals surface area contributed by atoms with Crippen LogP contribution >= 0.6 is 0 Å². The molecule has 1 aliphatic heterocycles. The van der Waals surface area contributed by atoms with E-state index in [0.29, 0.717) is 12.5 Å². The lowest BCUT2D eigenvalue weighted by Crippen LogP contribution is -2.45. The van der Waals surface area contributed by atoms with Crippen LogP contribution < -0.4 is 10.2 Å². The van der Waals surface area contributed by atoms with Crippen LogP contribution in [-0.2, 0) is 17.6 Å². The molecule has 0 saturated carbocycles. The molecule has 1 unspecified atom stereocenters. The summed E-state index contributed by atoms with van der Waals surface area (Å²) in [6, 6.07) is 7.03. The standard InChI is InChI=1S/C19H29N3O/c1-3-5-19(23)20-16-9-8-15-6-4-7-18(17(15)14-16)22-12-10-21(2)11-13-22/h4,6-7,16H,3,5,8-14H2,1-2H3,(H,20,23). The summed E-state index contributed by atoms with van der Waals surface area (Å²) in [7, 11) is 2.19. The van der Waals surface area contributed by atoms with Crippen molar-refractivity contribution in [1.82, 2.24) is 10.2 Å². The van der Waals surface area contributed by atoms with Gasteiger partial charge < -0.3 is 15.1 Å². The largest absolute Gasteiger partial charge is 0.369 e. The van der Waals surface area contributed by atoms with E-state index in [1.165, 1.54) is 16.8 Å². The van der Waals surface area contributed by atoms with E-state index >= 15 is 0 Å². The molecule has 4 heteroatoms. The Bertz CT molecular complexity index is 550. The number of nitrogens with zero attached hydrogens (tertiary/aromatic N) is 2. The van der Waals surface area contributed by atoms with E-state index in [2.05, 4.69) is 47.3 Å². The molecule has 0 spiro atoms. The molecule has 4 nitrogen and oxygen atoms in total. The number of benzene rings is 1. The summed E-state index contributed by atoms with van der Waals surface area (Å²) >= 11 is 0. The van der Waals surface area contributed by atoms with E-state index < -0.39 is 0 Å².